The summed E-state index contributed by atoms with van der Waals surface area (Å²) < 4.78 is 14.0. The normalized spacial score (nSPS) is 10.3. The molecule has 1 amide bonds. The van der Waals surface area contributed by atoms with Crippen molar-refractivity contribution in [3.8, 4) is 0 Å². The Morgan fingerprint density at radius 2 is 2.29 bits per heavy atom. The highest BCUT2D eigenvalue weighted by Crippen LogP contribution is 2.15. The van der Waals surface area contributed by atoms with Gasteiger partial charge in [-0.3, -0.25) is 10.1 Å². The summed E-state index contributed by atoms with van der Waals surface area (Å²) in [6.07, 6.45) is 0. The van der Waals surface area contributed by atoms with Crippen molar-refractivity contribution in [2.45, 2.75) is 0 Å². The third-order valence-corrected chi connectivity index (χ3v) is 2.40. The average molecular weight is 300 g/mol. The Morgan fingerprint density at radius 1 is 1.53 bits per heavy atom. The van der Waals surface area contributed by atoms with Crippen LogP contribution in [0.4, 0.5) is 10.3 Å². The van der Waals surface area contributed by atoms with Gasteiger partial charge in [-0.1, -0.05) is 21.0 Å². The van der Waals surface area contributed by atoms with E-state index in [2.05, 4.69) is 36.7 Å². The summed E-state index contributed by atoms with van der Waals surface area (Å²) in [7, 11) is 1.56. The fraction of sp³-hybridized carbons (Fsp3) is 0.111. The molecule has 0 aliphatic carbocycles. The Labute approximate surface area is 104 Å². The van der Waals surface area contributed by atoms with E-state index in [4.69, 9.17) is 0 Å². The number of aryl methyl sites for hydroxylation is 1. The van der Waals surface area contributed by atoms with Crippen LogP contribution in [0.15, 0.2) is 22.7 Å². The van der Waals surface area contributed by atoms with Gasteiger partial charge < -0.3 is 0 Å². The maximum absolute atomic E-state index is 13.5. The number of anilines is 1. The first-order valence-corrected chi connectivity index (χ1v) is 5.36. The van der Waals surface area contributed by atoms with E-state index in [1.807, 2.05) is 0 Å². The summed E-state index contributed by atoms with van der Waals surface area (Å²) in [5.41, 5.74) is -0.0827. The minimum Gasteiger partial charge on any atom is -0.288 e. The first kappa shape index (κ1) is 11.6. The lowest BCUT2D eigenvalue weighted by molar-refractivity contribution is 0.102. The van der Waals surface area contributed by atoms with Gasteiger partial charge in [0.25, 0.3) is 11.9 Å². The van der Waals surface area contributed by atoms with Crippen molar-refractivity contribution in [3.05, 3.63) is 34.1 Å². The Balaban J connectivity index is 2.20. The largest absolute Gasteiger partial charge is 0.288 e. The van der Waals surface area contributed by atoms with E-state index in [1.54, 1.807) is 13.1 Å². The Bertz CT molecular complexity index is 570. The monoisotopic (exact) mass is 299 g/mol. The second-order valence-electron chi connectivity index (χ2n) is 3.18. The second kappa shape index (κ2) is 4.58. The van der Waals surface area contributed by atoms with Gasteiger partial charge in [0.05, 0.1) is 12.6 Å². The van der Waals surface area contributed by atoms with E-state index < -0.39 is 11.7 Å². The molecule has 0 spiro atoms. The molecule has 0 radical (unpaired) electrons. The number of nitrogens with one attached hydrogen (secondary N) is 1. The van der Waals surface area contributed by atoms with Crippen LogP contribution in [-0.2, 0) is 7.05 Å². The van der Waals surface area contributed by atoms with Crippen molar-refractivity contribution >= 4 is 27.8 Å². The van der Waals surface area contributed by atoms with Crippen LogP contribution in [0.3, 0.4) is 0 Å². The molecular formula is C9H7BrFN5O. The summed E-state index contributed by atoms with van der Waals surface area (Å²) >= 11 is 3.11. The number of rotatable bonds is 2. The molecule has 2 aromatic rings. The molecule has 88 valence electrons. The molecular weight excluding hydrogens is 293 g/mol. The summed E-state index contributed by atoms with van der Waals surface area (Å²) in [6.45, 7) is 0. The molecule has 0 aliphatic heterocycles. The molecule has 1 heterocycles. The minimum atomic E-state index is -0.624. The number of carbonyl (C=O) groups excluding carboxylic acids is 1. The van der Waals surface area contributed by atoms with Crippen molar-refractivity contribution in [2.24, 2.45) is 7.05 Å². The number of nitrogens with zero attached hydrogens (tertiary/aromatic N) is 4. The standard InChI is InChI=1S/C9H7BrFN5O/c1-16-14-9(13-15-16)12-8(17)6-3-2-5(10)4-7(6)11/h2-4H,1H3,(H,12,14,17). The van der Waals surface area contributed by atoms with Crippen LogP contribution in [0.1, 0.15) is 10.4 Å². The lowest BCUT2D eigenvalue weighted by Gasteiger charge is -2.02. The van der Waals surface area contributed by atoms with E-state index in [9.17, 15) is 9.18 Å². The van der Waals surface area contributed by atoms with Gasteiger partial charge in [-0.25, -0.2) is 4.39 Å². The quantitative estimate of drug-likeness (QED) is 0.909. The predicted octanol–water partition coefficient (Wildman–Crippen LogP) is 1.36. The molecule has 0 fully saturated rings. The third kappa shape index (κ3) is 2.64. The zero-order valence-electron chi connectivity index (χ0n) is 8.69. The molecule has 0 aliphatic rings. The van der Waals surface area contributed by atoms with Gasteiger partial charge in [-0.05, 0) is 23.4 Å². The van der Waals surface area contributed by atoms with Gasteiger partial charge in [0.1, 0.15) is 5.82 Å². The van der Waals surface area contributed by atoms with Gasteiger partial charge in [0, 0.05) is 4.47 Å². The van der Waals surface area contributed by atoms with Gasteiger partial charge >= 0.3 is 0 Å². The smallest absolute Gasteiger partial charge is 0.270 e. The van der Waals surface area contributed by atoms with Crippen molar-refractivity contribution < 1.29 is 9.18 Å². The highest BCUT2D eigenvalue weighted by molar-refractivity contribution is 9.10. The van der Waals surface area contributed by atoms with E-state index in [-0.39, 0.29) is 11.5 Å². The maximum Gasteiger partial charge on any atom is 0.270 e. The molecule has 0 saturated carbocycles. The maximum atomic E-state index is 13.5. The molecule has 2 rings (SSSR count). The summed E-state index contributed by atoms with van der Waals surface area (Å²) in [5.74, 6) is -1.22. The number of hydrogen-bond donors (Lipinski definition) is 1. The highest BCUT2D eigenvalue weighted by Gasteiger charge is 2.13. The zero-order chi connectivity index (χ0) is 12.4. The van der Waals surface area contributed by atoms with Crippen LogP contribution in [-0.4, -0.2) is 26.1 Å². The number of carbonyl (C=O) groups is 1. The van der Waals surface area contributed by atoms with Crippen LogP contribution in [0.25, 0.3) is 0 Å². The topological polar surface area (TPSA) is 72.7 Å². The van der Waals surface area contributed by atoms with E-state index >= 15 is 0 Å². The molecule has 17 heavy (non-hydrogen) atoms. The average Bonchev–Trinajstić information content (AvgIpc) is 2.63. The highest BCUT2D eigenvalue weighted by atomic mass is 79.9. The van der Waals surface area contributed by atoms with Crippen molar-refractivity contribution in [2.75, 3.05) is 5.32 Å². The van der Waals surface area contributed by atoms with Gasteiger partial charge in [-0.2, -0.15) is 4.80 Å². The Morgan fingerprint density at radius 3 is 2.88 bits per heavy atom. The molecule has 0 atom stereocenters. The van der Waals surface area contributed by atoms with Crippen molar-refractivity contribution in [3.63, 3.8) is 0 Å². The van der Waals surface area contributed by atoms with Crippen LogP contribution < -0.4 is 5.32 Å². The molecule has 6 nitrogen and oxygen atoms in total. The Kier molecular flexibility index (Phi) is 3.14. The third-order valence-electron chi connectivity index (χ3n) is 1.91. The molecule has 0 saturated heterocycles. The van der Waals surface area contributed by atoms with E-state index in [0.717, 1.165) is 0 Å². The molecule has 8 heteroatoms. The molecule has 1 N–H and O–H groups in total. The lowest BCUT2D eigenvalue weighted by Crippen LogP contribution is -2.15. The number of tetrazole rings is 1. The van der Waals surface area contributed by atoms with Crippen LogP contribution in [0, 0.1) is 5.82 Å². The predicted molar refractivity (Wildman–Crippen MR) is 60.9 cm³/mol. The van der Waals surface area contributed by atoms with Crippen molar-refractivity contribution in [1.29, 1.82) is 0 Å². The molecule has 0 bridgehead atoms. The number of aromatic nitrogens is 4. The lowest BCUT2D eigenvalue weighted by atomic mass is 10.2. The SMILES string of the molecule is Cn1nnc(NC(=O)c2ccc(Br)cc2F)n1. The zero-order valence-corrected chi connectivity index (χ0v) is 10.3. The van der Waals surface area contributed by atoms with Gasteiger partial charge in [0.15, 0.2) is 0 Å². The van der Waals surface area contributed by atoms with Crippen LogP contribution >= 0.6 is 15.9 Å². The number of amides is 1. The first-order valence-electron chi connectivity index (χ1n) is 4.56. The number of halogens is 2. The molecule has 1 aromatic carbocycles. The van der Waals surface area contributed by atoms with Crippen LogP contribution in [0.5, 0.6) is 0 Å². The van der Waals surface area contributed by atoms with Crippen LogP contribution in [0.2, 0.25) is 0 Å². The van der Waals surface area contributed by atoms with Gasteiger partial charge in [0.2, 0.25) is 0 Å². The number of hydrogen-bond acceptors (Lipinski definition) is 4. The fourth-order valence-corrected chi connectivity index (χ4v) is 1.51. The van der Waals surface area contributed by atoms with E-state index in [0.29, 0.717) is 4.47 Å². The first-order chi connectivity index (χ1) is 8.06. The Hall–Kier alpha value is -1.83. The number of benzene rings is 1. The van der Waals surface area contributed by atoms with E-state index in [1.165, 1.54) is 16.9 Å². The van der Waals surface area contributed by atoms with Gasteiger partial charge in [-0.15, -0.1) is 5.10 Å². The molecule has 0 unspecified atom stereocenters. The van der Waals surface area contributed by atoms with Crippen molar-refractivity contribution in [1.82, 2.24) is 20.2 Å². The fourth-order valence-electron chi connectivity index (χ4n) is 1.18. The minimum absolute atomic E-state index is 0.0276. The summed E-state index contributed by atoms with van der Waals surface area (Å²) in [6, 6.07) is 4.15. The summed E-state index contributed by atoms with van der Waals surface area (Å²) in [5, 5.41) is 13.2. The molecule has 1 aromatic heterocycles. The second-order valence-corrected chi connectivity index (χ2v) is 4.10. The summed E-state index contributed by atoms with van der Waals surface area (Å²) in [4.78, 5) is 12.9.